The number of rotatable bonds is 3. The molecular weight excluding hydrogens is 451 g/mol. The number of halogens is 4. The molecule has 0 fully saturated rings. The van der Waals surface area contributed by atoms with Crippen LogP contribution in [0.3, 0.4) is 0 Å². The molecule has 2 aromatic rings. The first-order valence-corrected chi connectivity index (χ1v) is 11.4. The molecule has 0 heterocycles. The Morgan fingerprint density at radius 3 is 1.78 bits per heavy atom. The van der Waals surface area contributed by atoms with Crippen molar-refractivity contribution in [3.8, 4) is 0 Å². The van der Waals surface area contributed by atoms with E-state index < -0.39 is 45.2 Å². The zero-order valence-corrected chi connectivity index (χ0v) is 16.8. The largest absolute Gasteiger partial charge is 0.306 e. The molecule has 0 aliphatic carbocycles. The molecular formula is C14H11Cl2F2NO6S2. The Hall–Kier alpha value is -1.82. The van der Waals surface area contributed by atoms with E-state index in [0.29, 0.717) is 11.6 Å². The van der Waals surface area contributed by atoms with Gasteiger partial charge in [-0.05, 0) is 49.2 Å². The van der Waals surface area contributed by atoms with Crippen LogP contribution in [0.4, 0.5) is 14.5 Å². The van der Waals surface area contributed by atoms with E-state index in [1.54, 1.807) is 0 Å². The summed E-state index contributed by atoms with van der Waals surface area (Å²) in [6, 6.07) is 4.69. The molecule has 0 aromatic heterocycles. The standard InChI is InChI=1S/C7H5ClFNO4S.C7H6ClFO2S/c1-4-2-5(9)6(10(11)12)3-7(4)15(8,13)14;1-5-4-6(9)2-3-7(5)12(8,10)11/h2-3H,1H3;2-4H,1H3. The Kier molecular flexibility index (Phi) is 7.28. The van der Waals surface area contributed by atoms with Gasteiger partial charge in [-0.1, -0.05) is 0 Å². The van der Waals surface area contributed by atoms with Crippen LogP contribution in [-0.4, -0.2) is 21.8 Å². The van der Waals surface area contributed by atoms with Crippen molar-refractivity contribution < 1.29 is 30.5 Å². The predicted octanol–water partition coefficient (Wildman–Crippen LogP) is 4.03. The minimum absolute atomic E-state index is 0.0214. The van der Waals surface area contributed by atoms with Gasteiger partial charge in [0.1, 0.15) is 5.82 Å². The van der Waals surface area contributed by atoms with Gasteiger partial charge in [-0.3, -0.25) is 10.1 Å². The van der Waals surface area contributed by atoms with Gasteiger partial charge in [0.25, 0.3) is 18.1 Å². The SMILES string of the molecule is Cc1cc(F)c([N+](=O)[O-])cc1S(=O)(=O)Cl.Cc1cc(F)ccc1S(=O)(=O)Cl. The van der Waals surface area contributed by atoms with Crippen molar-refractivity contribution in [2.24, 2.45) is 0 Å². The van der Waals surface area contributed by atoms with Gasteiger partial charge < -0.3 is 0 Å². The molecule has 0 radical (unpaired) electrons. The summed E-state index contributed by atoms with van der Waals surface area (Å²) >= 11 is 0. The molecule has 0 bridgehead atoms. The summed E-state index contributed by atoms with van der Waals surface area (Å²) < 4.78 is 69.0. The summed E-state index contributed by atoms with van der Waals surface area (Å²) in [7, 11) is 2.24. The van der Waals surface area contributed by atoms with E-state index in [2.05, 4.69) is 0 Å². The fraction of sp³-hybridized carbons (Fsp3) is 0.143. The molecule has 0 saturated carbocycles. The number of nitro benzene ring substituents is 1. The lowest BCUT2D eigenvalue weighted by molar-refractivity contribution is -0.387. The minimum atomic E-state index is -4.11. The van der Waals surface area contributed by atoms with E-state index in [1.807, 2.05) is 0 Å². The molecule has 7 nitrogen and oxygen atoms in total. The number of benzene rings is 2. The zero-order valence-electron chi connectivity index (χ0n) is 13.6. The maximum Gasteiger partial charge on any atom is 0.306 e. The van der Waals surface area contributed by atoms with E-state index in [9.17, 15) is 35.7 Å². The lowest BCUT2D eigenvalue weighted by Gasteiger charge is -2.02. The Morgan fingerprint density at radius 1 is 0.889 bits per heavy atom. The Morgan fingerprint density at radius 2 is 1.37 bits per heavy atom. The van der Waals surface area contributed by atoms with Crippen molar-refractivity contribution in [2.45, 2.75) is 23.6 Å². The number of nitro groups is 1. The number of hydrogen-bond donors (Lipinski definition) is 0. The van der Waals surface area contributed by atoms with Crippen molar-refractivity contribution >= 4 is 45.2 Å². The van der Waals surface area contributed by atoms with Gasteiger partial charge >= 0.3 is 5.69 Å². The second kappa shape index (κ2) is 8.46. The van der Waals surface area contributed by atoms with Crippen LogP contribution in [0.25, 0.3) is 0 Å². The molecule has 148 valence electrons. The van der Waals surface area contributed by atoms with Gasteiger partial charge in [0.05, 0.1) is 14.7 Å². The zero-order chi connectivity index (χ0) is 21.2. The normalized spacial score (nSPS) is 11.5. The van der Waals surface area contributed by atoms with Gasteiger partial charge in [-0.15, -0.1) is 0 Å². The first-order valence-electron chi connectivity index (χ1n) is 6.74. The summed E-state index contributed by atoms with van der Waals surface area (Å²) in [6.45, 7) is 2.78. The van der Waals surface area contributed by atoms with Gasteiger partial charge in [0.15, 0.2) is 0 Å². The number of aryl methyl sites for hydroxylation is 2. The first-order chi connectivity index (χ1) is 12.1. The average molecular weight is 462 g/mol. The smallest absolute Gasteiger partial charge is 0.258 e. The van der Waals surface area contributed by atoms with Gasteiger partial charge in [0.2, 0.25) is 5.82 Å². The van der Waals surface area contributed by atoms with Crippen LogP contribution in [-0.2, 0) is 18.1 Å². The van der Waals surface area contributed by atoms with Crippen LogP contribution in [0.15, 0.2) is 40.1 Å². The Bertz CT molecular complexity index is 1100. The van der Waals surface area contributed by atoms with Crippen LogP contribution >= 0.6 is 21.4 Å². The average Bonchev–Trinajstić information content (AvgIpc) is 2.44. The highest BCUT2D eigenvalue weighted by atomic mass is 35.7. The van der Waals surface area contributed by atoms with Crippen molar-refractivity contribution in [2.75, 3.05) is 0 Å². The van der Waals surface area contributed by atoms with E-state index in [1.165, 1.54) is 13.8 Å². The van der Waals surface area contributed by atoms with Crippen LogP contribution < -0.4 is 0 Å². The van der Waals surface area contributed by atoms with Crippen molar-refractivity contribution in [1.82, 2.24) is 0 Å². The summed E-state index contributed by atoms with van der Waals surface area (Å²) in [5.74, 6) is -1.57. The molecule has 2 aromatic carbocycles. The third-order valence-electron chi connectivity index (χ3n) is 3.10. The molecule has 0 aliphatic heterocycles. The van der Waals surface area contributed by atoms with Gasteiger partial charge in [-0.2, -0.15) is 4.39 Å². The quantitative estimate of drug-likeness (QED) is 0.387. The monoisotopic (exact) mass is 461 g/mol. The van der Waals surface area contributed by atoms with E-state index in [0.717, 1.165) is 24.3 Å². The third-order valence-corrected chi connectivity index (χ3v) is 6.05. The molecule has 27 heavy (non-hydrogen) atoms. The van der Waals surface area contributed by atoms with Crippen LogP contribution in [0, 0.1) is 35.6 Å². The topological polar surface area (TPSA) is 111 Å². The molecule has 13 heteroatoms. The highest BCUT2D eigenvalue weighted by molar-refractivity contribution is 8.14. The second-order valence-corrected chi connectivity index (χ2v) is 10.2. The lowest BCUT2D eigenvalue weighted by Crippen LogP contribution is -2.00. The molecule has 0 aliphatic rings. The highest BCUT2D eigenvalue weighted by Crippen LogP contribution is 2.27. The summed E-state index contributed by atoms with van der Waals surface area (Å²) in [5.41, 5.74) is -0.585. The summed E-state index contributed by atoms with van der Waals surface area (Å²) in [6.07, 6.45) is 0. The van der Waals surface area contributed by atoms with Crippen molar-refractivity contribution in [3.05, 3.63) is 63.2 Å². The van der Waals surface area contributed by atoms with E-state index >= 15 is 0 Å². The fourth-order valence-corrected chi connectivity index (χ4v) is 4.32. The highest BCUT2D eigenvalue weighted by Gasteiger charge is 2.22. The summed E-state index contributed by atoms with van der Waals surface area (Å²) in [4.78, 5) is 8.82. The lowest BCUT2D eigenvalue weighted by atomic mass is 10.2. The minimum Gasteiger partial charge on any atom is -0.258 e. The Balaban J connectivity index is 0.000000277. The number of hydrogen-bond acceptors (Lipinski definition) is 6. The van der Waals surface area contributed by atoms with Gasteiger partial charge in [-0.25, -0.2) is 21.2 Å². The van der Waals surface area contributed by atoms with E-state index in [-0.39, 0.29) is 10.5 Å². The molecule has 0 atom stereocenters. The van der Waals surface area contributed by atoms with Crippen molar-refractivity contribution in [1.29, 1.82) is 0 Å². The maximum absolute atomic E-state index is 13.0. The summed E-state index contributed by atoms with van der Waals surface area (Å²) in [5, 5.41) is 10.3. The third kappa shape index (κ3) is 6.38. The molecule has 0 saturated heterocycles. The fourth-order valence-electron chi connectivity index (χ4n) is 1.93. The first kappa shape index (κ1) is 23.2. The van der Waals surface area contributed by atoms with Crippen LogP contribution in [0.2, 0.25) is 0 Å². The predicted molar refractivity (Wildman–Crippen MR) is 95.0 cm³/mol. The van der Waals surface area contributed by atoms with Gasteiger partial charge in [0, 0.05) is 27.4 Å². The van der Waals surface area contributed by atoms with Crippen LogP contribution in [0.1, 0.15) is 11.1 Å². The van der Waals surface area contributed by atoms with E-state index in [4.69, 9.17) is 21.4 Å². The van der Waals surface area contributed by atoms with Crippen LogP contribution in [0.5, 0.6) is 0 Å². The Labute approximate surface area is 162 Å². The van der Waals surface area contributed by atoms with Crippen molar-refractivity contribution in [3.63, 3.8) is 0 Å². The second-order valence-electron chi connectivity index (χ2n) is 5.11. The molecule has 2 rings (SSSR count). The number of nitrogens with zero attached hydrogens (tertiary/aromatic N) is 1. The molecule has 0 spiro atoms. The molecule has 0 unspecified atom stereocenters. The molecule has 0 N–H and O–H groups in total. The maximum atomic E-state index is 13.0. The molecule has 0 amide bonds.